The number of carbonyl (C=O) groups is 1. The van der Waals surface area contributed by atoms with Crippen LogP contribution in [-0.4, -0.2) is 17.1 Å². The Hall–Kier alpha value is -2.34. The Morgan fingerprint density at radius 2 is 1.90 bits per heavy atom. The van der Waals surface area contributed by atoms with Gasteiger partial charge in [-0.25, -0.2) is 4.98 Å². The van der Waals surface area contributed by atoms with Crippen molar-refractivity contribution < 1.29 is 4.79 Å². The average molecular weight is 439 g/mol. The number of fused-ring (bicyclic) bond motifs is 1. The van der Waals surface area contributed by atoms with Crippen molar-refractivity contribution in [2.45, 2.75) is 18.4 Å². The van der Waals surface area contributed by atoms with Gasteiger partial charge in [-0.05, 0) is 54.6 Å². The lowest BCUT2D eigenvalue weighted by Gasteiger charge is -2.20. The third kappa shape index (κ3) is 4.32. The minimum atomic E-state index is -0.0624. The second kappa shape index (κ2) is 8.57. The number of nitrogens with zero attached hydrogens (tertiary/aromatic N) is 2. The first-order valence-electron chi connectivity index (χ1n) is 9.11. The Morgan fingerprint density at radius 3 is 2.66 bits per heavy atom. The molecular weight excluding hydrogens is 420 g/mol. The standard InChI is InChI=1S/C23H19ClN2OS2/c1-15-11-18(24)13-20-21(15)25-23(29-20)26(14-16-7-4-3-5-8-16)22(27)17-9-6-10-19(12-17)28-2/h3-13H,14H2,1-2H3. The van der Waals surface area contributed by atoms with E-state index in [1.54, 1.807) is 16.7 Å². The Kier molecular flexibility index (Phi) is 5.90. The number of aromatic nitrogens is 1. The summed E-state index contributed by atoms with van der Waals surface area (Å²) in [4.78, 5) is 21.1. The number of rotatable bonds is 5. The van der Waals surface area contributed by atoms with E-state index in [0.29, 0.717) is 22.3 Å². The molecule has 0 aliphatic rings. The number of carbonyl (C=O) groups excluding carboxylic acids is 1. The maximum atomic E-state index is 13.5. The monoisotopic (exact) mass is 438 g/mol. The second-order valence-corrected chi connectivity index (χ2v) is 9.00. The van der Waals surface area contributed by atoms with Gasteiger partial charge in [0.15, 0.2) is 5.13 Å². The van der Waals surface area contributed by atoms with Crippen LogP contribution in [0.3, 0.4) is 0 Å². The van der Waals surface area contributed by atoms with Gasteiger partial charge in [0.2, 0.25) is 0 Å². The Bertz CT molecular complexity index is 1170. The fourth-order valence-corrected chi connectivity index (χ4v) is 5.04. The third-order valence-electron chi connectivity index (χ3n) is 4.62. The molecule has 0 saturated carbocycles. The van der Waals surface area contributed by atoms with E-state index in [1.165, 1.54) is 11.3 Å². The number of hydrogen-bond acceptors (Lipinski definition) is 4. The van der Waals surface area contributed by atoms with Crippen molar-refractivity contribution in [2.75, 3.05) is 11.2 Å². The summed E-state index contributed by atoms with van der Waals surface area (Å²) in [7, 11) is 0. The molecule has 1 heterocycles. The van der Waals surface area contributed by atoms with Gasteiger partial charge in [0.1, 0.15) is 0 Å². The van der Waals surface area contributed by atoms with Crippen molar-refractivity contribution in [3.63, 3.8) is 0 Å². The highest BCUT2D eigenvalue weighted by molar-refractivity contribution is 7.98. The van der Waals surface area contributed by atoms with Gasteiger partial charge in [-0.2, -0.15) is 0 Å². The van der Waals surface area contributed by atoms with E-state index in [0.717, 1.165) is 26.2 Å². The van der Waals surface area contributed by atoms with E-state index in [1.807, 2.05) is 79.9 Å². The van der Waals surface area contributed by atoms with Gasteiger partial charge in [0.25, 0.3) is 5.91 Å². The molecule has 0 spiro atoms. The second-order valence-electron chi connectivity index (χ2n) is 6.67. The molecular formula is C23H19ClN2OS2. The van der Waals surface area contributed by atoms with Crippen LogP contribution in [0.4, 0.5) is 5.13 Å². The highest BCUT2D eigenvalue weighted by Gasteiger charge is 2.22. The zero-order chi connectivity index (χ0) is 20.4. The van der Waals surface area contributed by atoms with Gasteiger partial charge < -0.3 is 0 Å². The SMILES string of the molecule is CSc1cccc(C(=O)N(Cc2ccccc2)c2nc3c(C)cc(Cl)cc3s2)c1. The lowest BCUT2D eigenvalue weighted by atomic mass is 10.1. The van der Waals surface area contributed by atoms with E-state index in [9.17, 15) is 4.79 Å². The van der Waals surface area contributed by atoms with Gasteiger partial charge >= 0.3 is 0 Å². The largest absolute Gasteiger partial charge is 0.279 e. The fraction of sp³-hybridized carbons (Fsp3) is 0.130. The zero-order valence-electron chi connectivity index (χ0n) is 16.1. The summed E-state index contributed by atoms with van der Waals surface area (Å²) in [6.45, 7) is 2.44. The first kappa shape index (κ1) is 20.0. The van der Waals surface area contributed by atoms with E-state index < -0.39 is 0 Å². The van der Waals surface area contributed by atoms with Gasteiger partial charge in [-0.15, -0.1) is 11.8 Å². The molecule has 0 atom stereocenters. The van der Waals surface area contributed by atoms with E-state index >= 15 is 0 Å². The average Bonchev–Trinajstić information content (AvgIpc) is 3.16. The molecule has 1 amide bonds. The van der Waals surface area contributed by atoms with Crippen LogP contribution < -0.4 is 4.90 Å². The van der Waals surface area contributed by atoms with Crippen LogP contribution in [-0.2, 0) is 6.54 Å². The maximum Gasteiger partial charge on any atom is 0.260 e. The molecule has 0 fully saturated rings. The molecule has 4 aromatic rings. The fourth-order valence-electron chi connectivity index (χ4n) is 3.16. The number of thioether (sulfide) groups is 1. The first-order valence-corrected chi connectivity index (χ1v) is 11.5. The summed E-state index contributed by atoms with van der Waals surface area (Å²) in [6, 6.07) is 21.5. The van der Waals surface area contributed by atoms with Crippen LogP contribution in [0.25, 0.3) is 10.2 Å². The Balaban J connectivity index is 1.79. The minimum Gasteiger partial charge on any atom is -0.279 e. The highest BCUT2D eigenvalue weighted by atomic mass is 35.5. The molecule has 0 unspecified atom stereocenters. The molecule has 29 heavy (non-hydrogen) atoms. The predicted molar refractivity (Wildman–Crippen MR) is 125 cm³/mol. The van der Waals surface area contributed by atoms with Crippen LogP contribution in [0.5, 0.6) is 0 Å². The van der Waals surface area contributed by atoms with Crippen LogP contribution in [0.1, 0.15) is 21.5 Å². The molecule has 3 aromatic carbocycles. The number of anilines is 1. The molecule has 0 radical (unpaired) electrons. The van der Waals surface area contributed by atoms with Gasteiger partial charge in [-0.1, -0.05) is 59.3 Å². The molecule has 4 rings (SSSR count). The van der Waals surface area contributed by atoms with Crippen LogP contribution in [0.2, 0.25) is 5.02 Å². The topological polar surface area (TPSA) is 33.2 Å². The molecule has 0 aliphatic heterocycles. The Morgan fingerprint density at radius 1 is 1.10 bits per heavy atom. The van der Waals surface area contributed by atoms with Crippen molar-refractivity contribution in [3.8, 4) is 0 Å². The van der Waals surface area contributed by atoms with Crippen molar-refractivity contribution in [3.05, 3.63) is 88.4 Å². The number of benzene rings is 3. The third-order valence-corrected chi connectivity index (χ3v) is 6.58. The number of thiazole rings is 1. The van der Waals surface area contributed by atoms with Crippen LogP contribution >= 0.6 is 34.7 Å². The lowest BCUT2D eigenvalue weighted by Crippen LogP contribution is -2.30. The molecule has 146 valence electrons. The molecule has 0 N–H and O–H groups in total. The van der Waals surface area contributed by atoms with Gasteiger partial charge in [-0.3, -0.25) is 9.69 Å². The predicted octanol–water partition coefficient (Wildman–Crippen LogP) is 6.83. The first-order chi connectivity index (χ1) is 14.0. The van der Waals surface area contributed by atoms with Gasteiger partial charge in [0, 0.05) is 15.5 Å². The smallest absolute Gasteiger partial charge is 0.260 e. The number of aryl methyl sites for hydroxylation is 1. The summed E-state index contributed by atoms with van der Waals surface area (Å²) >= 11 is 9.34. The summed E-state index contributed by atoms with van der Waals surface area (Å²) in [5.41, 5.74) is 3.60. The number of halogens is 1. The summed E-state index contributed by atoms with van der Waals surface area (Å²) in [6.07, 6.45) is 2.01. The molecule has 3 nitrogen and oxygen atoms in total. The quantitative estimate of drug-likeness (QED) is 0.320. The van der Waals surface area contributed by atoms with E-state index in [-0.39, 0.29) is 5.91 Å². The molecule has 1 aromatic heterocycles. The molecule has 6 heteroatoms. The summed E-state index contributed by atoms with van der Waals surface area (Å²) in [5, 5.41) is 1.35. The zero-order valence-corrected chi connectivity index (χ0v) is 18.4. The Labute approximate surface area is 183 Å². The van der Waals surface area contributed by atoms with E-state index in [4.69, 9.17) is 16.6 Å². The van der Waals surface area contributed by atoms with Crippen LogP contribution in [0.15, 0.2) is 71.6 Å². The van der Waals surface area contributed by atoms with Crippen molar-refractivity contribution in [2.24, 2.45) is 0 Å². The number of hydrogen-bond donors (Lipinski definition) is 0. The minimum absolute atomic E-state index is 0.0624. The van der Waals surface area contributed by atoms with Gasteiger partial charge in [0.05, 0.1) is 16.8 Å². The number of amides is 1. The van der Waals surface area contributed by atoms with E-state index in [2.05, 4.69) is 0 Å². The molecule has 0 aliphatic carbocycles. The summed E-state index contributed by atoms with van der Waals surface area (Å²) < 4.78 is 0.980. The molecule has 0 saturated heterocycles. The highest BCUT2D eigenvalue weighted by Crippen LogP contribution is 2.34. The normalized spacial score (nSPS) is 11.0. The summed E-state index contributed by atoms with van der Waals surface area (Å²) in [5.74, 6) is -0.0624. The molecule has 0 bridgehead atoms. The van der Waals surface area contributed by atoms with Crippen molar-refractivity contribution >= 4 is 56.0 Å². The van der Waals surface area contributed by atoms with Crippen molar-refractivity contribution in [1.29, 1.82) is 0 Å². The lowest BCUT2D eigenvalue weighted by molar-refractivity contribution is 0.0985. The van der Waals surface area contributed by atoms with Crippen molar-refractivity contribution in [1.82, 2.24) is 4.98 Å². The maximum absolute atomic E-state index is 13.5. The van der Waals surface area contributed by atoms with Crippen LogP contribution in [0, 0.1) is 6.92 Å².